The van der Waals surface area contributed by atoms with Crippen LogP contribution in [0.2, 0.25) is 0 Å². The highest BCUT2D eigenvalue weighted by Crippen LogP contribution is 2.46. The number of amides is 1. The van der Waals surface area contributed by atoms with Gasteiger partial charge in [0.1, 0.15) is 11.2 Å². The Morgan fingerprint density at radius 3 is 3.06 bits per heavy atom. The van der Waals surface area contributed by atoms with Gasteiger partial charge in [0.05, 0.1) is 19.4 Å². The molecule has 1 fully saturated rings. The zero-order valence-electron chi connectivity index (χ0n) is 9.08. The first-order chi connectivity index (χ1) is 7.78. The number of rotatable bonds is 1. The predicted octanol–water partition coefficient (Wildman–Crippen LogP) is 1.31. The van der Waals surface area contributed by atoms with Crippen LogP contribution in [0.25, 0.3) is 0 Å². The number of ether oxygens (including phenoxy) is 2. The number of para-hydroxylation sites is 1. The summed E-state index contributed by atoms with van der Waals surface area (Å²) < 4.78 is 10.6. The topological polar surface area (TPSA) is 47.6 Å². The van der Waals surface area contributed by atoms with Gasteiger partial charge >= 0.3 is 0 Å². The molecule has 1 N–H and O–H groups in total. The molecule has 2 aliphatic rings. The lowest BCUT2D eigenvalue weighted by Crippen LogP contribution is -2.34. The Morgan fingerprint density at radius 2 is 2.38 bits per heavy atom. The Hall–Kier alpha value is -1.55. The van der Waals surface area contributed by atoms with Gasteiger partial charge in [-0.1, -0.05) is 12.1 Å². The maximum Gasteiger partial charge on any atom is 0.237 e. The summed E-state index contributed by atoms with van der Waals surface area (Å²) in [6.45, 7) is 1.11. The van der Waals surface area contributed by atoms with Crippen LogP contribution in [0.4, 0.5) is 5.69 Å². The second-order valence-corrected chi connectivity index (χ2v) is 4.22. The Morgan fingerprint density at radius 1 is 1.50 bits per heavy atom. The molecule has 1 saturated heterocycles. The van der Waals surface area contributed by atoms with E-state index in [2.05, 4.69) is 5.32 Å². The lowest BCUT2D eigenvalue weighted by atomic mass is 9.81. The Labute approximate surface area is 93.5 Å². The van der Waals surface area contributed by atoms with Crippen molar-refractivity contribution in [3.8, 4) is 5.75 Å². The summed E-state index contributed by atoms with van der Waals surface area (Å²) in [6, 6.07) is 5.75. The van der Waals surface area contributed by atoms with Gasteiger partial charge in [-0.3, -0.25) is 4.79 Å². The molecular formula is C12H13NO3. The van der Waals surface area contributed by atoms with Crippen LogP contribution in [0.15, 0.2) is 18.2 Å². The van der Waals surface area contributed by atoms with E-state index in [-0.39, 0.29) is 5.91 Å². The third kappa shape index (κ3) is 1.05. The molecule has 16 heavy (non-hydrogen) atoms. The molecule has 1 spiro atoms. The van der Waals surface area contributed by atoms with Gasteiger partial charge in [-0.25, -0.2) is 0 Å². The summed E-state index contributed by atoms with van der Waals surface area (Å²) >= 11 is 0. The molecule has 0 bridgehead atoms. The van der Waals surface area contributed by atoms with Gasteiger partial charge in [-0.15, -0.1) is 0 Å². The molecule has 1 unspecified atom stereocenters. The van der Waals surface area contributed by atoms with Gasteiger partial charge in [-0.05, 0) is 18.1 Å². The molecule has 2 heterocycles. The molecule has 1 atom stereocenters. The van der Waals surface area contributed by atoms with Crippen molar-refractivity contribution in [2.24, 2.45) is 0 Å². The molecule has 0 radical (unpaired) electrons. The van der Waals surface area contributed by atoms with Crippen LogP contribution in [0.1, 0.15) is 12.0 Å². The van der Waals surface area contributed by atoms with Crippen LogP contribution in [-0.4, -0.2) is 26.2 Å². The minimum Gasteiger partial charge on any atom is -0.495 e. The van der Waals surface area contributed by atoms with E-state index >= 15 is 0 Å². The third-order valence-electron chi connectivity index (χ3n) is 3.46. The number of hydrogen-bond acceptors (Lipinski definition) is 3. The number of methoxy groups -OCH3 is 1. The summed E-state index contributed by atoms with van der Waals surface area (Å²) in [5.74, 6) is 0.749. The molecule has 1 aromatic carbocycles. The number of benzene rings is 1. The standard InChI is InChI=1S/C12H13NO3/c1-15-9-4-2-3-8-10(9)13-11(14)12(8)5-6-16-7-12/h2-4H,5-7H2,1H3,(H,13,14). The first-order valence-electron chi connectivity index (χ1n) is 5.34. The molecule has 1 aromatic rings. The molecule has 2 aliphatic heterocycles. The summed E-state index contributed by atoms with van der Waals surface area (Å²) in [4.78, 5) is 12.1. The highest BCUT2D eigenvalue weighted by Gasteiger charge is 2.50. The van der Waals surface area contributed by atoms with Crippen LogP contribution in [0.3, 0.4) is 0 Å². The highest BCUT2D eigenvalue weighted by atomic mass is 16.5. The van der Waals surface area contributed by atoms with Crippen molar-refractivity contribution < 1.29 is 14.3 Å². The summed E-state index contributed by atoms with van der Waals surface area (Å²) in [5, 5.41) is 2.91. The van der Waals surface area contributed by atoms with Gasteiger partial charge < -0.3 is 14.8 Å². The number of nitrogens with one attached hydrogen (secondary N) is 1. The fraction of sp³-hybridized carbons (Fsp3) is 0.417. The number of fused-ring (bicyclic) bond motifs is 2. The molecule has 0 aliphatic carbocycles. The van der Waals surface area contributed by atoms with E-state index < -0.39 is 5.41 Å². The fourth-order valence-corrected chi connectivity index (χ4v) is 2.54. The Kier molecular flexibility index (Phi) is 1.94. The molecule has 4 heteroatoms. The second-order valence-electron chi connectivity index (χ2n) is 4.22. The number of carbonyl (C=O) groups excluding carboxylic acids is 1. The van der Waals surface area contributed by atoms with Crippen molar-refractivity contribution >= 4 is 11.6 Å². The first-order valence-corrected chi connectivity index (χ1v) is 5.34. The van der Waals surface area contributed by atoms with Crippen LogP contribution in [0.5, 0.6) is 5.75 Å². The van der Waals surface area contributed by atoms with E-state index in [1.165, 1.54) is 0 Å². The minimum atomic E-state index is -0.482. The average molecular weight is 219 g/mol. The molecule has 0 aromatic heterocycles. The summed E-state index contributed by atoms with van der Waals surface area (Å²) in [5.41, 5.74) is 1.33. The van der Waals surface area contributed by atoms with Gasteiger partial charge in [0.25, 0.3) is 0 Å². The zero-order valence-corrected chi connectivity index (χ0v) is 9.08. The van der Waals surface area contributed by atoms with Crippen molar-refractivity contribution in [2.45, 2.75) is 11.8 Å². The summed E-state index contributed by atoms with van der Waals surface area (Å²) in [7, 11) is 1.61. The monoisotopic (exact) mass is 219 g/mol. The first kappa shape index (κ1) is 9.66. The van der Waals surface area contributed by atoms with E-state index in [1.807, 2.05) is 18.2 Å². The largest absolute Gasteiger partial charge is 0.495 e. The van der Waals surface area contributed by atoms with Crippen LogP contribution >= 0.6 is 0 Å². The lowest BCUT2D eigenvalue weighted by molar-refractivity contribution is -0.120. The van der Waals surface area contributed by atoms with Crippen LogP contribution in [-0.2, 0) is 14.9 Å². The molecular weight excluding hydrogens is 206 g/mol. The number of anilines is 1. The van der Waals surface area contributed by atoms with E-state index in [0.717, 1.165) is 23.4 Å². The molecule has 0 saturated carbocycles. The Balaban J connectivity index is 2.18. The molecule has 84 valence electrons. The SMILES string of the molecule is COc1cccc2c1NC(=O)C21CCOC1. The maximum atomic E-state index is 12.1. The molecule has 1 amide bonds. The second kappa shape index (κ2) is 3.22. The minimum absolute atomic E-state index is 0.0319. The van der Waals surface area contributed by atoms with Crippen molar-refractivity contribution in [1.29, 1.82) is 0 Å². The predicted molar refractivity (Wildman–Crippen MR) is 58.7 cm³/mol. The van der Waals surface area contributed by atoms with Gasteiger partial charge in [0.2, 0.25) is 5.91 Å². The van der Waals surface area contributed by atoms with E-state index in [1.54, 1.807) is 7.11 Å². The number of hydrogen-bond donors (Lipinski definition) is 1. The maximum absolute atomic E-state index is 12.1. The van der Waals surface area contributed by atoms with Crippen molar-refractivity contribution in [3.05, 3.63) is 23.8 Å². The highest BCUT2D eigenvalue weighted by molar-refractivity contribution is 6.08. The van der Waals surface area contributed by atoms with Gasteiger partial charge in [0.15, 0.2) is 0 Å². The van der Waals surface area contributed by atoms with Gasteiger partial charge in [0, 0.05) is 6.61 Å². The van der Waals surface area contributed by atoms with E-state index in [4.69, 9.17) is 9.47 Å². The summed E-state index contributed by atoms with van der Waals surface area (Å²) in [6.07, 6.45) is 0.749. The quantitative estimate of drug-likeness (QED) is 0.774. The van der Waals surface area contributed by atoms with Crippen LogP contribution < -0.4 is 10.1 Å². The van der Waals surface area contributed by atoms with E-state index in [9.17, 15) is 4.79 Å². The van der Waals surface area contributed by atoms with Crippen LogP contribution in [0, 0.1) is 0 Å². The zero-order chi connectivity index (χ0) is 11.2. The van der Waals surface area contributed by atoms with Crippen molar-refractivity contribution in [3.63, 3.8) is 0 Å². The fourth-order valence-electron chi connectivity index (χ4n) is 2.54. The van der Waals surface area contributed by atoms with E-state index in [0.29, 0.717) is 13.2 Å². The lowest BCUT2D eigenvalue weighted by Gasteiger charge is -2.18. The third-order valence-corrected chi connectivity index (χ3v) is 3.46. The van der Waals surface area contributed by atoms with Crippen molar-refractivity contribution in [2.75, 3.05) is 25.6 Å². The molecule has 4 nitrogen and oxygen atoms in total. The van der Waals surface area contributed by atoms with Crippen molar-refractivity contribution in [1.82, 2.24) is 0 Å². The average Bonchev–Trinajstić information content (AvgIpc) is 2.88. The molecule has 3 rings (SSSR count). The number of carbonyl (C=O) groups is 1. The van der Waals surface area contributed by atoms with Gasteiger partial charge in [-0.2, -0.15) is 0 Å². The smallest absolute Gasteiger partial charge is 0.237 e. The normalized spacial score (nSPS) is 26.9. The Bertz CT molecular complexity index is 450.